The molecule has 1 atom stereocenters. The molecule has 0 aromatic carbocycles. The molecule has 0 saturated heterocycles. The van der Waals surface area contributed by atoms with Gasteiger partial charge in [-0.25, -0.2) is 0 Å². The van der Waals surface area contributed by atoms with Crippen molar-refractivity contribution in [1.29, 1.82) is 0 Å². The van der Waals surface area contributed by atoms with Gasteiger partial charge in [0.1, 0.15) is 0 Å². The zero-order chi connectivity index (χ0) is 11.2. The highest BCUT2D eigenvalue weighted by atomic mass is 15.1. The minimum atomic E-state index is 0.253. The van der Waals surface area contributed by atoms with Gasteiger partial charge >= 0.3 is 0 Å². The fraction of sp³-hybridized carbons (Fsp3) is 1.00. The van der Waals surface area contributed by atoms with Crippen LogP contribution in [0.4, 0.5) is 0 Å². The summed E-state index contributed by atoms with van der Waals surface area (Å²) in [6, 6.07) is 0.694. The van der Waals surface area contributed by atoms with Crippen LogP contribution in [0.3, 0.4) is 0 Å². The maximum atomic E-state index is 3.53. The molecule has 0 fully saturated rings. The molecule has 86 valence electrons. The van der Waals surface area contributed by atoms with Crippen molar-refractivity contribution in [2.24, 2.45) is 0 Å². The van der Waals surface area contributed by atoms with Crippen molar-refractivity contribution in [3.8, 4) is 0 Å². The lowest BCUT2D eigenvalue weighted by atomic mass is 10.1. The summed E-state index contributed by atoms with van der Waals surface area (Å²) in [7, 11) is 0. The molecule has 0 aliphatic heterocycles. The zero-order valence-electron chi connectivity index (χ0n) is 10.9. The fourth-order valence-corrected chi connectivity index (χ4v) is 1.69. The van der Waals surface area contributed by atoms with Crippen molar-refractivity contribution < 1.29 is 0 Å². The van der Waals surface area contributed by atoms with Gasteiger partial charge in [-0.3, -0.25) is 0 Å². The Morgan fingerprint density at radius 3 is 2.00 bits per heavy atom. The summed E-state index contributed by atoms with van der Waals surface area (Å²) in [6.07, 6.45) is 1.24. The van der Waals surface area contributed by atoms with Crippen LogP contribution in [0.15, 0.2) is 0 Å². The summed E-state index contributed by atoms with van der Waals surface area (Å²) in [5.41, 5.74) is 0.253. The average Bonchev–Trinajstić information content (AvgIpc) is 2.04. The highest BCUT2D eigenvalue weighted by Gasteiger charge is 2.12. The molecule has 1 N–H and O–H groups in total. The Morgan fingerprint density at radius 2 is 1.64 bits per heavy atom. The van der Waals surface area contributed by atoms with Gasteiger partial charge in [0.05, 0.1) is 0 Å². The van der Waals surface area contributed by atoms with Crippen LogP contribution in [-0.4, -0.2) is 36.1 Å². The summed E-state index contributed by atoms with van der Waals surface area (Å²) in [5.74, 6) is 0. The maximum absolute atomic E-state index is 3.53. The van der Waals surface area contributed by atoms with Crippen molar-refractivity contribution in [2.45, 2.75) is 59.5 Å². The van der Waals surface area contributed by atoms with Gasteiger partial charge in [-0.15, -0.1) is 0 Å². The molecule has 0 spiro atoms. The predicted octanol–water partition coefficient (Wildman–Crippen LogP) is 2.49. The van der Waals surface area contributed by atoms with E-state index in [2.05, 4.69) is 51.8 Å². The number of rotatable bonds is 6. The summed E-state index contributed by atoms with van der Waals surface area (Å²) >= 11 is 0. The van der Waals surface area contributed by atoms with Crippen molar-refractivity contribution in [2.75, 3.05) is 19.6 Å². The number of hydrogen-bond donors (Lipinski definition) is 1. The normalized spacial score (nSPS) is 14.8. The smallest absolute Gasteiger partial charge is 0.00965 e. The van der Waals surface area contributed by atoms with Crippen LogP contribution in [0.25, 0.3) is 0 Å². The zero-order valence-corrected chi connectivity index (χ0v) is 10.9. The molecule has 14 heavy (non-hydrogen) atoms. The second-order valence-electron chi connectivity index (χ2n) is 5.04. The lowest BCUT2D eigenvalue weighted by Gasteiger charge is -2.28. The molecule has 0 aromatic heterocycles. The average molecular weight is 200 g/mol. The Balaban J connectivity index is 3.67. The molecular formula is C12H28N2. The number of nitrogens with one attached hydrogen (secondary N) is 1. The highest BCUT2D eigenvalue weighted by molar-refractivity contribution is 4.72. The summed E-state index contributed by atoms with van der Waals surface area (Å²) in [6.45, 7) is 16.9. The summed E-state index contributed by atoms with van der Waals surface area (Å²) < 4.78 is 0. The Labute approximate surface area is 90.1 Å². The van der Waals surface area contributed by atoms with E-state index in [1.165, 1.54) is 6.42 Å². The molecule has 0 aromatic rings. The van der Waals surface area contributed by atoms with E-state index in [1.54, 1.807) is 0 Å². The predicted molar refractivity (Wildman–Crippen MR) is 64.8 cm³/mol. The minimum Gasteiger partial charge on any atom is -0.312 e. The highest BCUT2D eigenvalue weighted by Crippen LogP contribution is 2.04. The minimum absolute atomic E-state index is 0.253. The third kappa shape index (κ3) is 6.39. The van der Waals surface area contributed by atoms with Gasteiger partial charge in [0.15, 0.2) is 0 Å². The van der Waals surface area contributed by atoms with E-state index in [1.807, 2.05) is 0 Å². The van der Waals surface area contributed by atoms with Crippen molar-refractivity contribution in [3.63, 3.8) is 0 Å². The van der Waals surface area contributed by atoms with Crippen molar-refractivity contribution in [3.05, 3.63) is 0 Å². The van der Waals surface area contributed by atoms with Crippen LogP contribution in [0.5, 0.6) is 0 Å². The van der Waals surface area contributed by atoms with E-state index >= 15 is 0 Å². The molecule has 0 aliphatic rings. The Bertz CT molecular complexity index is 134. The van der Waals surface area contributed by atoms with Crippen LogP contribution >= 0.6 is 0 Å². The standard InChI is InChI=1S/C12H28N2/c1-7-14(8-2)11(3)9-10-13-12(4,5)6/h11,13H,7-10H2,1-6H3. The van der Waals surface area contributed by atoms with Gasteiger partial charge in [0, 0.05) is 11.6 Å². The third-order valence-electron chi connectivity index (χ3n) is 2.65. The lowest BCUT2D eigenvalue weighted by Crippen LogP contribution is -2.40. The van der Waals surface area contributed by atoms with Gasteiger partial charge < -0.3 is 10.2 Å². The van der Waals surface area contributed by atoms with Crippen LogP contribution in [0.1, 0.15) is 48.0 Å². The largest absolute Gasteiger partial charge is 0.312 e. The molecule has 0 bridgehead atoms. The Morgan fingerprint density at radius 1 is 1.14 bits per heavy atom. The SMILES string of the molecule is CCN(CC)C(C)CCNC(C)(C)C. The van der Waals surface area contributed by atoms with E-state index in [4.69, 9.17) is 0 Å². The summed E-state index contributed by atoms with van der Waals surface area (Å²) in [5, 5.41) is 3.53. The molecule has 0 saturated carbocycles. The van der Waals surface area contributed by atoms with Gasteiger partial charge in [0.2, 0.25) is 0 Å². The molecular weight excluding hydrogens is 172 g/mol. The fourth-order valence-electron chi connectivity index (χ4n) is 1.69. The molecule has 0 rings (SSSR count). The first-order chi connectivity index (χ1) is 6.40. The second-order valence-corrected chi connectivity index (χ2v) is 5.04. The van der Waals surface area contributed by atoms with Crippen LogP contribution in [0, 0.1) is 0 Å². The van der Waals surface area contributed by atoms with Gasteiger partial charge in [-0.05, 0) is 53.8 Å². The van der Waals surface area contributed by atoms with E-state index in [-0.39, 0.29) is 5.54 Å². The van der Waals surface area contributed by atoms with E-state index in [0.29, 0.717) is 6.04 Å². The maximum Gasteiger partial charge on any atom is 0.00965 e. The molecule has 2 nitrogen and oxygen atoms in total. The van der Waals surface area contributed by atoms with Crippen molar-refractivity contribution in [1.82, 2.24) is 10.2 Å². The Kier molecular flexibility index (Phi) is 6.38. The van der Waals surface area contributed by atoms with Crippen LogP contribution < -0.4 is 5.32 Å². The second kappa shape index (κ2) is 6.41. The van der Waals surface area contributed by atoms with Crippen LogP contribution in [-0.2, 0) is 0 Å². The molecule has 0 heterocycles. The monoisotopic (exact) mass is 200 g/mol. The molecule has 0 aliphatic carbocycles. The lowest BCUT2D eigenvalue weighted by molar-refractivity contribution is 0.216. The van der Waals surface area contributed by atoms with Gasteiger partial charge in [0.25, 0.3) is 0 Å². The summed E-state index contributed by atoms with van der Waals surface area (Å²) in [4.78, 5) is 2.50. The van der Waals surface area contributed by atoms with Crippen molar-refractivity contribution >= 4 is 0 Å². The van der Waals surface area contributed by atoms with Crippen LogP contribution in [0.2, 0.25) is 0 Å². The number of hydrogen-bond acceptors (Lipinski definition) is 2. The third-order valence-corrected chi connectivity index (χ3v) is 2.65. The topological polar surface area (TPSA) is 15.3 Å². The molecule has 1 unspecified atom stereocenters. The first-order valence-electron chi connectivity index (χ1n) is 5.89. The first kappa shape index (κ1) is 13.9. The molecule has 0 radical (unpaired) electrons. The number of nitrogens with zero attached hydrogens (tertiary/aromatic N) is 1. The Hall–Kier alpha value is -0.0800. The van der Waals surface area contributed by atoms with E-state index in [9.17, 15) is 0 Å². The van der Waals surface area contributed by atoms with Gasteiger partial charge in [-0.2, -0.15) is 0 Å². The van der Waals surface area contributed by atoms with E-state index < -0.39 is 0 Å². The first-order valence-corrected chi connectivity index (χ1v) is 5.89. The quantitative estimate of drug-likeness (QED) is 0.708. The molecule has 0 amide bonds. The van der Waals surface area contributed by atoms with E-state index in [0.717, 1.165) is 19.6 Å². The molecule has 2 heteroatoms. The van der Waals surface area contributed by atoms with Gasteiger partial charge in [-0.1, -0.05) is 13.8 Å².